The second-order valence-electron chi connectivity index (χ2n) is 6.62. The van der Waals surface area contributed by atoms with E-state index in [2.05, 4.69) is 75.2 Å². The molecular weight excluding hydrogens is 232 g/mol. The summed E-state index contributed by atoms with van der Waals surface area (Å²) < 4.78 is 0. The van der Waals surface area contributed by atoms with Crippen LogP contribution >= 0.6 is 0 Å². The monoisotopic (exact) mass is 260 g/mol. The van der Waals surface area contributed by atoms with E-state index >= 15 is 0 Å². The van der Waals surface area contributed by atoms with Gasteiger partial charge in [-0.05, 0) is 39.7 Å². The fourth-order valence-corrected chi connectivity index (χ4v) is 3.21. The smallest absolute Gasteiger partial charge is 0.0535 e. The molecule has 2 nitrogen and oxygen atoms in total. The lowest BCUT2D eigenvalue weighted by atomic mass is 9.82. The highest BCUT2D eigenvalue weighted by molar-refractivity contribution is 5.26. The standard InChI is InChI=1S/C17H28N2/c1-6-16(4)12-18-17(5,13-19(16)14(2)3)15-10-8-7-9-11-15/h7-11,14,18H,6,12-13H2,1-5H3. The maximum Gasteiger partial charge on any atom is 0.0535 e. The fourth-order valence-electron chi connectivity index (χ4n) is 3.21. The van der Waals surface area contributed by atoms with E-state index in [1.54, 1.807) is 0 Å². The Morgan fingerprint density at radius 3 is 2.37 bits per heavy atom. The van der Waals surface area contributed by atoms with Gasteiger partial charge in [0.05, 0.1) is 5.54 Å². The average molecular weight is 260 g/mol. The molecule has 0 spiro atoms. The van der Waals surface area contributed by atoms with Crippen LogP contribution in [0.1, 0.15) is 46.6 Å². The fraction of sp³-hybridized carbons (Fsp3) is 0.647. The molecule has 1 aromatic carbocycles. The van der Waals surface area contributed by atoms with E-state index < -0.39 is 0 Å². The molecule has 2 heteroatoms. The lowest BCUT2D eigenvalue weighted by Crippen LogP contribution is -2.68. The molecule has 1 aromatic rings. The van der Waals surface area contributed by atoms with Crippen LogP contribution in [-0.4, -0.2) is 29.6 Å². The summed E-state index contributed by atoms with van der Waals surface area (Å²) in [5.74, 6) is 0. The molecule has 0 amide bonds. The van der Waals surface area contributed by atoms with E-state index in [0.717, 1.165) is 13.1 Å². The summed E-state index contributed by atoms with van der Waals surface area (Å²) in [5, 5.41) is 3.80. The molecule has 0 aromatic heterocycles. The molecule has 0 radical (unpaired) electrons. The number of hydrogen-bond acceptors (Lipinski definition) is 2. The van der Waals surface area contributed by atoms with Crippen molar-refractivity contribution in [1.82, 2.24) is 10.2 Å². The Hall–Kier alpha value is -0.860. The first-order valence-electron chi connectivity index (χ1n) is 7.48. The van der Waals surface area contributed by atoms with Crippen LogP contribution in [0.5, 0.6) is 0 Å². The normalized spacial score (nSPS) is 32.7. The Labute approximate surface area is 118 Å². The van der Waals surface area contributed by atoms with Crippen molar-refractivity contribution in [2.24, 2.45) is 0 Å². The second kappa shape index (κ2) is 5.26. The van der Waals surface area contributed by atoms with Gasteiger partial charge in [-0.25, -0.2) is 0 Å². The minimum absolute atomic E-state index is 0.0558. The van der Waals surface area contributed by atoms with Crippen molar-refractivity contribution in [3.63, 3.8) is 0 Å². The maximum atomic E-state index is 3.80. The van der Waals surface area contributed by atoms with Crippen LogP contribution in [0, 0.1) is 0 Å². The number of piperazine rings is 1. The lowest BCUT2D eigenvalue weighted by molar-refractivity contribution is -0.00656. The Bertz CT molecular complexity index is 415. The summed E-state index contributed by atoms with van der Waals surface area (Å²) in [7, 11) is 0. The van der Waals surface area contributed by atoms with Gasteiger partial charge in [-0.3, -0.25) is 4.90 Å². The zero-order chi connectivity index (χ0) is 14.1. The second-order valence-corrected chi connectivity index (χ2v) is 6.62. The van der Waals surface area contributed by atoms with Crippen molar-refractivity contribution in [3.05, 3.63) is 35.9 Å². The predicted molar refractivity (Wildman–Crippen MR) is 82.3 cm³/mol. The van der Waals surface area contributed by atoms with Gasteiger partial charge in [0, 0.05) is 24.7 Å². The molecule has 1 heterocycles. The molecule has 1 saturated heterocycles. The number of benzene rings is 1. The van der Waals surface area contributed by atoms with E-state index in [-0.39, 0.29) is 11.1 Å². The molecule has 2 atom stereocenters. The highest BCUT2D eigenvalue weighted by Gasteiger charge is 2.43. The SMILES string of the molecule is CCC1(C)CNC(C)(c2ccccc2)CN1C(C)C. The van der Waals surface area contributed by atoms with Crippen LogP contribution in [0.3, 0.4) is 0 Å². The van der Waals surface area contributed by atoms with Crippen LogP contribution in [0.4, 0.5) is 0 Å². The summed E-state index contributed by atoms with van der Waals surface area (Å²) in [4.78, 5) is 2.66. The van der Waals surface area contributed by atoms with Gasteiger partial charge in [0.1, 0.15) is 0 Å². The Kier molecular flexibility index (Phi) is 4.03. The van der Waals surface area contributed by atoms with Gasteiger partial charge >= 0.3 is 0 Å². The molecule has 106 valence electrons. The molecule has 2 unspecified atom stereocenters. The third-order valence-corrected chi connectivity index (χ3v) is 4.84. The van der Waals surface area contributed by atoms with Crippen LogP contribution < -0.4 is 5.32 Å². The maximum absolute atomic E-state index is 3.80. The molecule has 19 heavy (non-hydrogen) atoms. The van der Waals surface area contributed by atoms with Gasteiger partial charge in [-0.2, -0.15) is 0 Å². The zero-order valence-corrected chi connectivity index (χ0v) is 13.0. The largest absolute Gasteiger partial charge is 0.305 e. The molecule has 2 rings (SSSR count). The Balaban J connectivity index is 2.28. The Morgan fingerprint density at radius 2 is 1.84 bits per heavy atom. The van der Waals surface area contributed by atoms with E-state index in [1.165, 1.54) is 12.0 Å². The summed E-state index contributed by atoms with van der Waals surface area (Å²) in [6.07, 6.45) is 1.18. The van der Waals surface area contributed by atoms with Crippen molar-refractivity contribution in [2.75, 3.05) is 13.1 Å². The molecular formula is C17H28N2. The predicted octanol–water partition coefficient (Wildman–Crippen LogP) is 3.38. The van der Waals surface area contributed by atoms with Crippen molar-refractivity contribution >= 4 is 0 Å². The topological polar surface area (TPSA) is 15.3 Å². The van der Waals surface area contributed by atoms with Crippen molar-refractivity contribution in [3.8, 4) is 0 Å². The zero-order valence-electron chi connectivity index (χ0n) is 13.0. The van der Waals surface area contributed by atoms with Crippen molar-refractivity contribution in [1.29, 1.82) is 0 Å². The summed E-state index contributed by atoms with van der Waals surface area (Å²) >= 11 is 0. The van der Waals surface area contributed by atoms with E-state index in [1.807, 2.05) is 0 Å². The van der Waals surface area contributed by atoms with E-state index in [9.17, 15) is 0 Å². The van der Waals surface area contributed by atoms with Gasteiger partial charge in [0.15, 0.2) is 0 Å². The first-order valence-corrected chi connectivity index (χ1v) is 7.48. The molecule has 1 aliphatic rings. The molecule has 1 N–H and O–H groups in total. The highest BCUT2D eigenvalue weighted by Crippen LogP contribution is 2.33. The van der Waals surface area contributed by atoms with Gasteiger partial charge in [-0.1, -0.05) is 37.3 Å². The van der Waals surface area contributed by atoms with Crippen LogP contribution in [-0.2, 0) is 5.54 Å². The number of nitrogens with one attached hydrogen (secondary N) is 1. The van der Waals surface area contributed by atoms with E-state index in [4.69, 9.17) is 0 Å². The molecule has 0 aliphatic carbocycles. The summed E-state index contributed by atoms with van der Waals surface area (Å²) in [6, 6.07) is 11.4. The molecule has 0 bridgehead atoms. The first kappa shape index (κ1) is 14.5. The summed E-state index contributed by atoms with van der Waals surface area (Å²) in [6.45, 7) is 13.7. The van der Waals surface area contributed by atoms with Gasteiger partial charge in [-0.15, -0.1) is 0 Å². The quantitative estimate of drug-likeness (QED) is 0.896. The van der Waals surface area contributed by atoms with Crippen molar-refractivity contribution in [2.45, 2.75) is 58.2 Å². The molecule has 1 aliphatic heterocycles. The number of hydrogen-bond donors (Lipinski definition) is 1. The van der Waals surface area contributed by atoms with Crippen LogP contribution in [0.15, 0.2) is 30.3 Å². The van der Waals surface area contributed by atoms with Crippen molar-refractivity contribution < 1.29 is 0 Å². The summed E-state index contributed by atoms with van der Waals surface area (Å²) in [5.41, 5.74) is 1.71. The number of rotatable bonds is 3. The van der Waals surface area contributed by atoms with E-state index in [0.29, 0.717) is 6.04 Å². The van der Waals surface area contributed by atoms with Gasteiger partial charge in [0.2, 0.25) is 0 Å². The van der Waals surface area contributed by atoms with Gasteiger partial charge < -0.3 is 5.32 Å². The first-order chi connectivity index (χ1) is 8.91. The minimum Gasteiger partial charge on any atom is -0.305 e. The number of nitrogens with zero attached hydrogens (tertiary/aromatic N) is 1. The minimum atomic E-state index is 0.0558. The average Bonchev–Trinajstić information content (AvgIpc) is 2.42. The van der Waals surface area contributed by atoms with Gasteiger partial charge in [0.25, 0.3) is 0 Å². The third-order valence-electron chi connectivity index (χ3n) is 4.84. The lowest BCUT2D eigenvalue weighted by Gasteiger charge is -2.54. The molecule has 0 saturated carbocycles. The Morgan fingerprint density at radius 1 is 1.21 bits per heavy atom. The third kappa shape index (κ3) is 2.70. The highest BCUT2D eigenvalue weighted by atomic mass is 15.3. The molecule has 1 fully saturated rings. The van der Waals surface area contributed by atoms with Crippen LogP contribution in [0.25, 0.3) is 0 Å². The van der Waals surface area contributed by atoms with Crippen LogP contribution in [0.2, 0.25) is 0 Å².